The van der Waals surface area contributed by atoms with Crippen molar-refractivity contribution in [1.82, 2.24) is 0 Å². The van der Waals surface area contributed by atoms with Crippen LogP contribution in [0.4, 0.5) is 0 Å². The van der Waals surface area contributed by atoms with Gasteiger partial charge in [-0.25, -0.2) is 14.7 Å². The summed E-state index contributed by atoms with van der Waals surface area (Å²) in [7, 11) is 0. The van der Waals surface area contributed by atoms with Gasteiger partial charge in [0, 0.05) is 0 Å². The first-order valence-corrected chi connectivity index (χ1v) is 7.63. The molecule has 0 aliphatic rings. The minimum absolute atomic E-state index is 0.217. The zero-order valence-electron chi connectivity index (χ0n) is 14.6. The van der Waals surface area contributed by atoms with E-state index in [1.807, 2.05) is 34.6 Å². The van der Waals surface area contributed by atoms with Gasteiger partial charge in [-0.3, -0.25) is 5.26 Å². The summed E-state index contributed by atoms with van der Waals surface area (Å²) in [4.78, 5) is 15.9. The molecule has 1 N–H and O–H groups in total. The van der Waals surface area contributed by atoms with E-state index < -0.39 is 5.60 Å². The molecule has 20 heavy (non-hydrogen) atoms. The number of hydrogen-bond donors (Lipinski definition) is 1. The van der Waals surface area contributed by atoms with E-state index in [1.165, 1.54) is 12.8 Å². The van der Waals surface area contributed by atoms with Crippen LogP contribution in [0.1, 0.15) is 81.1 Å². The van der Waals surface area contributed by atoms with Crippen molar-refractivity contribution in [3.05, 3.63) is 0 Å². The van der Waals surface area contributed by atoms with Crippen molar-refractivity contribution in [3.8, 4) is 0 Å². The lowest BCUT2D eigenvalue weighted by Gasteiger charge is -2.40. The Morgan fingerprint density at radius 3 is 1.90 bits per heavy atom. The predicted molar refractivity (Wildman–Crippen MR) is 81.4 cm³/mol. The highest BCUT2D eigenvalue weighted by Crippen LogP contribution is 2.34. The molecule has 0 saturated carbocycles. The second kappa shape index (κ2) is 7.74. The van der Waals surface area contributed by atoms with E-state index in [-0.39, 0.29) is 17.1 Å². The molecule has 0 aliphatic heterocycles. The van der Waals surface area contributed by atoms with Gasteiger partial charge in [0.1, 0.15) is 11.7 Å². The summed E-state index contributed by atoms with van der Waals surface area (Å²) in [6.45, 7) is 15.9. The molecule has 0 amide bonds. The number of unbranched alkanes of at least 4 members (excludes halogenated alkanes) is 2. The molecule has 0 heterocycles. The summed E-state index contributed by atoms with van der Waals surface area (Å²) >= 11 is 0. The summed E-state index contributed by atoms with van der Waals surface area (Å²) in [6.07, 6.45) is 4.06. The van der Waals surface area contributed by atoms with Crippen molar-refractivity contribution < 1.29 is 19.9 Å². The third-order valence-corrected chi connectivity index (χ3v) is 3.41. The van der Waals surface area contributed by atoms with Gasteiger partial charge < -0.3 is 0 Å². The molecule has 0 rings (SSSR count). The van der Waals surface area contributed by atoms with Crippen LogP contribution in [0.15, 0.2) is 0 Å². The Kier molecular flexibility index (Phi) is 7.67. The van der Waals surface area contributed by atoms with Crippen molar-refractivity contribution >= 4 is 0 Å². The Labute approximate surface area is 124 Å². The summed E-state index contributed by atoms with van der Waals surface area (Å²) in [6, 6.07) is 0. The molecule has 4 heteroatoms. The van der Waals surface area contributed by atoms with Gasteiger partial charge in [-0.2, -0.15) is 0 Å². The fourth-order valence-electron chi connectivity index (χ4n) is 2.37. The summed E-state index contributed by atoms with van der Waals surface area (Å²) in [5, 5.41) is 9.09. The van der Waals surface area contributed by atoms with Gasteiger partial charge in [0.15, 0.2) is 0 Å². The van der Waals surface area contributed by atoms with E-state index in [2.05, 4.69) is 11.8 Å². The lowest BCUT2D eigenvalue weighted by molar-refractivity contribution is -0.439. The topological polar surface area (TPSA) is 47.9 Å². The maximum atomic E-state index is 9.09. The lowest BCUT2D eigenvalue weighted by atomic mass is 9.80. The van der Waals surface area contributed by atoms with Gasteiger partial charge in [0.2, 0.25) is 0 Å². The Morgan fingerprint density at radius 1 is 0.950 bits per heavy atom. The van der Waals surface area contributed by atoms with Crippen LogP contribution >= 0.6 is 0 Å². The molecule has 4 nitrogen and oxygen atoms in total. The van der Waals surface area contributed by atoms with Crippen molar-refractivity contribution in [2.45, 2.75) is 98.4 Å². The molecule has 122 valence electrons. The molecule has 1 atom stereocenters. The summed E-state index contributed by atoms with van der Waals surface area (Å²) < 4.78 is 0. The van der Waals surface area contributed by atoms with Crippen LogP contribution in [0.3, 0.4) is 0 Å². The predicted octanol–water partition coefficient (Wildman–Crippen LogP) is 4.98. The van der Waals surface area contributed by atoms with Crippen LogP contribution in [0, 0.1) is 5.41 Å². The molecular weight excluding hydrogens is 256 g/mol. The molecule has 0 saturated heterocycles. The molecule has 0 aromatic rings. The fraction of sp³-hybridized carbons (Fsp3) is 1.00. The molecule has 0 fully saturated rings. The average Bonchev–Trinajstić information content (AvgIpc) is 2.27. The third-order valence-electron chi connectivity index (χ3n) is 3.41. The first-order valence-electron chi connectivity index (χ1n) is 7.63. The van der Waals surface area contributed by atoms with E-state index in [0.717, 1.165) is 12.8 Å². The van der Waals surface area contributed by atoms with E-state index in [0.29, 0.717) is 0 Å². The van der Waals surface area contributed by atoms with Crippen LogP contribution in [-0.4, -0.2) is 22.6 Å². The summed E-state index contributed by atoms with van der Waals surface area (Å²) in [5.41, 5.74) is -1.40. The first kappa shape index (κ1) is 19.8. The van der Waals surface area contributed by atoms with Crippen molar-refractivity contribution in [3.63, 3.8) is 0 Å². The molecule has 1 unspecified atom stereocenters. The van der Waals surface area contributed by atoms with Crippen molar-refractivity contribution in [1.29, 1.82) is 0 Å². The lowest BCUT2D eigenvalue weighted by Crippen LogP contribution is -2.49. The summed E-state index contributed by atoms with van der Waals surface area (Å²) in [5.74, 6) is 0. The Morgan fingerprint density at radius 2 is 1.50 bits per heavy atom. The van der Waals surface area contributed by atoms with Crippen LogP contribution in [0.5, 0.6) is 0 Å². The minimum atomic E-state index is -0.836. The molecule has 0 radical (unpaired) electrons. The number of rotatable bonds is 9. The number of hydrogen-bond acceptors (Lipinski definition) is 4. The van der Waals surface area contributed by atoms with E-state index in [1.54, 1.807) is 13.8 Å². The van der Waals surface area contributed by atoms with Gasteiger partial charge in [0.25, 0.3) is 0 Å². The van der Waals surface area contributed by atoms with Crippen LogP contribution in [-0.2, 0) is 14.7 Å². The Balaban J connectivity index is 4.62. The first-order chi connectivity index (χ1) is 8.96. The standard InChI is InChI=1S/C16H34O4/c1-9-10-11-12-15(5,6)20-18-13(14(2,3)4)16(7,8)19-17/h13,17H,9-12H2,1-8H3. The van der Waals surface area contributed by atoms with Crippen LogP contribution in [0.2, 0.25) is 0 Å². The normalized spacial score (nSPS) is 15.4. The molecule has 0 aliphatic carbocycles. The second-order valence-electron chi connectivity index (χ2n) is 7.84. The van der Waals surface area contributed by atoms with Gasteiger partial charge >= 0.3 is 0 Å². The SMILES string of the molecule is CCCCCC(C)(C)OOC(C(C)(C)C)C(C)(C)OO. The Hall–Kier alpha value is -0.160. The zero-order valence-corrected chi connectivity index (χ0v) is 14.6. The van der Waals surface area contributed by atoms with Crippen molar-refractivity contribution in [2.75, 3.05) is 0 Å². The van der Waals surface area contributed by atoms with Crippen LogP contribution < -0.4 is 0 Å². The average molecular weight is 290 g/mol. The van der Waals surface area contributed by atoms with Crippen LogP contribution in [0.25, 0.3) is 0 Å². The van der Waals surface area contributed by atoms with Gasteiger partial charge in [-0.05, 0) is 39.5 Å². The second-order valence-corrected chi connectivity index (χ2v) is 7.84. The smallest absolute Gasteiger partial charge is 0.129 e. The van der Waals surface area contributed by atoms with E-state index in [9.17, 15) is 0 Å². The highest BCUT2D eigenvalue weighted by molar-refractivity contribution is 4.88. The maximum absolute atomic E-state index is 9.09. The van der Waals surface area contributed by atoms with E-state index in [4.69, 9.17) is 15.0 Å². The zero-order chi connectivity index (χ0) is 16.0. The van der Waals surface area contributed by atoms with Gasteiger partial charge in [0.05, 0.1) is 5.60 Å². The monoisotopic (exact) mass is 290 g/mol. The minimum Gasteiger partial charge on any atom is -0.251 e. The maximum Gasteiger partial charge on any atom is 0.129 e. The Bertz CT molecular complexity index is 266. The molecule has 0 spiro atoms. The molecule has 0 aromatic heterocycles. The fourth-order valence-corrected chi connectivity index (χ4v) is 2.37. The quantitative estimate of drug-likeness (QED) is 0.370. The van der Waals surface area contributed by atoms with Gasteiger partial charge in [-0.15, -0.1) is 0 Å². The largest absolute Gasteiger partial charge is 0.251 e. The molecular formula is C16H34O4. The highest BCUT2D eigenvalue weighted by Gasteiger charge is 2.43. The highest BCUT2D eigenvalue weighted by atomic mass is 17.2. The van der Waals surface area contributed by atoms with Gasteiger partial charge in [-0.1, -0.05) is 47.0 Å². The van der Waals surface area contributed by atoms with E-state index >= 15 is 0 Å². The third kappa shape index (κ3) is 7.02. The van der Waals surface area contributed by atoms with Crippen molar-refractivity contribution in [2.24, 2.45) is 5.41 Å². The molecule has 0 aromatic carbocycles. The molecule has 0 bridgehead atoms.